The van der Waals surface area contributed by atoms with Crippen molar-refractivity contribution in [3.05, 3.63) is 50.1 Å². The van der Waals surface area contributed by atoms with Gasteiger partial charge in [-0.1, -0.05) is 30.4 Å². The highest BCUT2D eigenvalue weighted by molar-refractivity contribution is 5.13. The van der Waals surface area contributed by atoms with E-state index in [0.29, 0.717) is 0 Å². The summed E-state index contributed by atoms with van der Waals surface area (Å²) in [5.41, 5.74) is 0. The van der Waals surface area contributed by atoms with Gasteiger partial charge in [0.2, 0.25) is 0 Å². The number of fused-ring (bicyclic) bond motifs is 2. The Hall–Kier alpha value is -1.04. The normalized spacial score (nSPS) is 40.1. The van der Waals surface area contributed by atoms with Gasteiger partial charge in [0, 0.05) is 0 Å². The topological polar surface area (TPSA) is 0 Å². The summed E-state index contributed by atoms with van der Waals surface area (Å²) in [5, 5.41) is 0. The minimum Gasteiger partial charge on any atom is -0.103 e. The Labute approximate surface area is 112 Å². The molecule has 0 nitrogen and oxygen atoms in total. The third-order valence-corrected chi connectivity index (χ3v) is 4.81. The van der Waals surface area contributed by atoms with Crippen molar-refractivity contribution < 1.29 is 0 Å². The molecule has 0 amide bonds. The molecule has 2 bridgehead atoms. The highest BCUT2D eigenvalue weighted by Gasteiger charge is 2.33. The van der Waals surface area contributed by atoms with Crippen LogP contribution < -0.4 is 0 Å². The molecule has 0 N–H and O–H groups in total. The van der Waals surface area contributed by atoms with Crippen LogP contribution in [0.5, 0.6) is 0 Å². The van der Waals surface area contributed by atoms with Gasteiger partial charge in [-0.3, -0.25) is 0 Å². The Morgan fingerprint density at radius 3 is 1.72 bits per heavy atom. The first kappa shape index (κ1) is 13.4. The van der Waals surface area contributed by atoms with Crippen molar-refractivity contribution in [3.63, 3.8) is 0 Å². The Kier molecular flexibility index (Phi) is 4.63. The Morgan fingerprint density at radius 2 is 1.44 bits per heavy atom. The third kappa shape index (κ3) is 3.04. The first-order valence-corrected chi connectivity index (χ1v) is 7.32. The lowest BCUT2D eigenvalue weighted by molar-refractivity contribution is 0.551. The van der Waals surface area contributed by atoms with Gasteiger partial charge >= 0.3 is 0 Å². The Balaban J connectivity index is 0.000000134. The van der Waals surface area contributed by atoms with Crippen molar-refractivity contribution in [1.82, 2.24) is 0 Å². The van der Waals surface area contributed by atoms with E-state index in [0.717, 1.165) is 29.6 Å². The van der Waals surface area contributed by atoms with E-state index in [2.05, 4.69) is 50.1 Å². The smallest absolute Gasteiger partial charge is 0.0165 e. The van der Waals surface area contributed by atoms with Crippen molar-refractivity contribution in [2.75, 3.05) is 0 Å². The molecule has 18 heavy (non-hydrogen) atoms. The van der Waals surface area contributed by atoms with E-state index in [4.69, 9.17) is 0 Å². The SMILES string of the molecule is C=CC1CC2C=CC1C2.C=CC1CCC(C=C)C1. The van der Waals surface area contributed by atoms with Crippen molar-refractivity contribution >= 4 is 0 Å². The van der Waals surface area contributed by atoms with Gasteiger partial charge in [-0.2, -0.15) is 0 Å². The van der Waals surface area contributed by atoms with Gasteiger partial charge in [0.1, 0.15) is 0 Å². The van der Waals surface area contributed by atoms with Crippen LogP contribution >= 0.6 is 0 Å². The maximum absolute atomic E-state index is 3.83. The molecule has 0 heterocycles. The summed E-state index contributed by atoms with van der Waals surface area (Å²) in [6, 6.07) is 0. The van der Waals surface area contributed by atoms with Crippen molar-refractivity contribution in [3.8, 4) is 0 Å². The molecule has 5 unspecified atom stereocenters. The predicted molar refractivity (Wildman–Crippen MR) is 80.3 cm³/mol. The van der Waals surface area contributed by atoms with Gasteiger partial charge in [0.25, 0.3) is 0 Å². The third-order valence-electron chi connectivity index (χ3n) is 4.81. The van der Waals surface area contributed by atoms with Crippen LogP contribution in [-0.2, 0) is 0 Å². The molecule has 3 aliphatic carbocycles. The molecule has 0 heteroatoms. The lowest BCUT2D eigenvalue weighted by atomic mass is 9.94. The molecule has 0 aromatic rings. The van der Waals surface area contributed by atoms with Crippen molar-refractivity contribution in [2.24, 2.45) is 29.6 Å². The van der Waals surface area contributed by atoms with Crippen LogP contribution in [0.2, 0.25) is 0 Å². The van der Waals surface area contributed by atoms with E-state index in [9.17, 15) is 0 Å². The van der Waals surface area contributed by atoms with Crippen molar-refractivity contribution in [1.29, 1.82) is 0 Å². The zero-order chi connectivity index (χ0) is 13.0. The standard InChI is InChI=1S/C9H12.C9H14/c1-2-8-5-7-3-4-9(8)6-7;1-3-8-5-6-9(4-2)7-8/h2-4,7-9H,1,5-6H2;3-4,8-9H,1-2,5-7H2. The zero-order valence-corrected chi connectivity index (χ0v) is 11.4. The lowest BCUT2D eigenvalue weighted by Crippen LogP contribution is -2.01. The van der Waals surface area contributed by atoms with E-state index in [1.807, 2.05) is 0 Å². The molecule has 0 saturated heterocycles. The maximum Gasteiger partial charge on any atom is -0.0165 e. The summed E-state index contributed by atoms with van der Waals surface area (Å²) in [7, 11) is 0. The minimum absolute atomic E-state index is 0.771. The van der Waals surface area contributed by atoms with E-state index in [-0.39, 0.29) is 0 Å². The van der Waals surface area contributed by atoms with Crippen LogP contribution in [0, 0.1) is 29.6 Å². The van der Waals surface area contributed by atoms with Crippen LogP contribution in [0.1, 0.15) is 32.1 Å². The molecule has 0 aromatic heterocycles. The Morgan fingerprint density at radius 1 is 0.778 bits per heavy atom. The monoisotopic (exact) mass is 242 g/mol. The molecule has 0 spiro atoms. The van der Waals surface area contributed by atoms with E-state index >= 15 is 0 Å². The summed E-state index contributed by atoms with van der Waals surface area (Å²) in [4.78, 5) is 0. The number of rotatable bonds is 3. The molecule has 0 radical (unpaired) electrons. The van der Waals surface area contributed by atoms with Gasteiger partial charge in [-0.25, -0.2) is 0 Å². The minimum atomic E-state index is 0.771. The van der Waals surface area contributed by atoms with Gasteiger partial charge in [0.05, 0.1) is 0 Å². The molecule has 0 aliphatic heterocycles. The van der Waals surface area contributed by atoms with Gasteiger partial charge in [-0.05, 0) is 61.7 Å². The number of allylic oxidation sites excluding steroid dienone is 5. The zero-order valence-electron chi connectivity index (χ0n) is 11.4. The van der Waals surface area contributed by atoms with Crippen LogP contribution in [0.15, 0.2) is 50.1 Å². The van der Waals surface area contributed by atoms with Crippen LogP contribution in [-0.4, -0.2) is 0 Å². The molecule has 3 rings (SSSR count). The molecule has 2 saturated carbocycles. The number of hydrogen-bond acceptors (Lipinski definition) is 0. The fraction of sp³-hybridized carbons (Fsp3) is 0.556. The van der Waals surface area contributed by atoms with E-state index in [1.54, 1.807) is 0 Å². The Bertz CT molecular complexity index is 322. The molecule has 0 aromatic carbocycles. The van der Waals surface area contributed by atoms with E-state index < -0.39 is 0 Å². The van der Waals surface area contributed by atoms with E-state index in [1.165, 1.54) is 32.1 Å². The van der Waals surface area contributed by atoms with Crippen molar-refractivity contribution in [2.45, 2.75) is 32.1 Å². The van der Waals surface area contributed by atoms with Crippen LogP contribution in [0.4, 0.5) is 0 Å². The fourth-order valence-electron chi connectivity index (χ4n) is 3.58. The second-order valence-electron chi connectivity index (χ2n) is 5.98. The number of hydrogen-bond donors (Lipinski definition) is 0. The average molecular weight is 242 g/mol. The largest absolute Gasteiger partial charge is 0.103 e. The summed E-state index contributed by atoms with van der Waals surface area (Å²) in [6.45, 7) is 11.4. The fourth-order valence-corrected chi connectivity index (χ4v) is 3.58. The second kappa shape index (κ2) is 6.22. The van der Waals surface area contributed by atoms with Gasteiger partial charge < -0.3 is 0 Å². The van der Waals surface area contributed by atoms with Crippen LogP contribution in [0.25, 0.3) is 0 Å². The summed E-state index contributed by atoms with van der Waals surface area (Å²) in [6.07, 6.45) is 17.7. The lowest BCUT2D eigenvalue weighted by Gasteiger charge is -2.11. The molecule has 5 atom stereocenters. The highest BCUT2D eigenvalue weighted by atomic mass is 14.4. The van der Waals surface area contributed by atoms with Crippen LogP contribution in [0.3, 0.4) is 0 Å². The van der Waals surface area contributed by atoms with Gasteiger partial charge in [0.15, 0.2) is 0 Å². The summed E-state index contributed by atoms with van der Waals surface area (Å²) < 4.78 is 0. The molecular formula is C18H26. The molecule has 98 valence electrons. The summed E-state index contributed by atoms with van der Waals surface area (Å²) >= 11 is 0. The first-order chi connectivity index (χ1) is 8.76. The highest BCUT2D eigenvalue weighted by Crippen LogP contribution is 2.43. The maximum atomic E-state index is 3.83. The molecular weight excluding hydrogens is 216 g/mol. The summed E-state index contributed by atoms with van der Waals surface area (Å²) in [5.74, 6) is 4.10. The quantitative estimate of drug-likeness (QED) is 0.600. The van der Waals surface area contributed by atoms with Gasteiger partial charge in [-0.15, -0.1) is 19.7 Å². The average Bonchev–Trinajstić information content (AvgIpc) is 3.14. The second-order valence-corrected chi connectivity index (χ2v) is 5.98. The first-order valence-electron chi connectivity index (χ1n) is 7.32. The molecule has 3 aliphatic rings. The predicted octanol–water partition coefficient (Wildman–Crippen LogP) is 5.16. The molecule has 2 fully saturated rings.